The van der Waals surface area contributed by atoms with E-state index in [1.807, 2.05) is 49.1 Å². The highest BCUT2D eigenvalue weighted by atomic mass is 16.2. The fourth-order valence-corrected chi connectivity index (χ4v) is 2.96. The van der Waals surface area contributed by atoms with E-state index in [1.54, 1.807) is 0 Å². The molecule has 136 valence electrons. The maximum atomic E-state index is 12.0. The summed E-state index contributed by atoms with van der Waals surface area (Å²) in [5.74, 6) is -0.182. The van der Waals surface area contributed by atoms with Crippen molar-refractivity contribution in [3.05, 3.63) is 35.9 Å². The van der Waals surface area contributed by atoms with Gasteiger partial charge in [0.05, 0.1) is 6.04 Å². The van der Waals surface area contributed by atoms with Crippen LogP contribution >= 0.6 is 0 Å². The van der Waals surface area contributed by atoms with E-state index in [0.29, 0.717) is 26.2 Å². The van der Waals surface area contributed by atoms with E-state index in [2.05, 4.69) is 16.0 Å². The van der Waals surface area contributed by atoms with Crippen LogP contribution in [0.1, 0.15) is 25.8 Å². The summed E-state index contributed by atoms with van der Waals surface area (Å²) in [6.45, 7) is 6.08. The molecular weight excluding hydrogens is 320 g/mol. The lowest BCUT2D eigenvalue weighted by molar-refractivity contribution is -0.132. The summed E-state index contributed by atoms with van der Waals surface area (Å²) in [6, 6.07) is 8.74. The number of imide groups is 1. The molecule has 4 amide bonds. The zero-order valence-electron chi connectivity index (χ0n) is 14.7. The topological polar surface area (TPSA) is 90.5 Å². The monoisotopic (exact) mass is 346 g/mol. The minimum absolute atomic E-state index is 0.00209. The van der Waals surface area contributed by atoms with E-state index in [4.69, 9.17) is 0 Å². The Morgan fingerprint density at radius 1 is 1.28 bits per heavy atom. The molecule has 0 aliphatic carbocycles. The van der Waals surface area contributed by atoms with Crippen LogP contribution in [-0.2, 0) is 16.1 Å². The smallest absolute Gasteiger partial charge is 0.321 e. The lowest BCUT2D eigenvalue weighted by Crippen LogP contribution is -2.57. The summed E-state index contributed by atoms with van der Waals surface area (Å²) in [4.78, 5) is 37.7. The average molecular weight is 346 g/mol. The molecule has 0 unspecified atom stereocenters. The van der Waals surface area contributed by atoms with Crippen LogP contribution in [-0.4, -0.2) is 48.4 Å². The second kappa shape index (κ2) is 9.17. The number of hydrogen-bond donors (Lipinski definition) is 3. The third kappa shape index (κ3) is 5.86. The van der Waals surface area contributed by atoms with Crippen molar-refractivity contribution in [3.63, 3.8) is 0 Å². The van der Waals surface area contributed by atoms with Crippen LogP contribution in [0.3, 0.4) is 0 Å². The number of rotatable bonds is 6. The van der Waals surface area contributed by atoms with Crippen molar-refractivity contribution in [2.24, 2.45) is 5.92 Å². The van der Waals surface area contributed by atoms with E-state index in [1.165, 1.54) is 0 Å². The summed E-state index contributed by atoms with van der Waals surface area (Å²) in [5, 5.41) is 7.83. The van der Waals surface area contributed by atoms with Crippen molar-refractivity contribution >= 4 is 17.8 Å². The number of carbonyl (C=O) groups is 3. The molecule has 0 bridgehead atoms. The van der Waals surface area contributed by atoms with Gasteiger partial charge in [-0.2, -0.15) is 0 Å². The second-order valence-corrected chi connectivity index (χ2v) is 6.48. The fourth-order valence-electron chi connectivity index (χ4n) is 2.96. The maximum absolute atomic E-state index is 12.0. The lowest BCUT2D eigenvalue weighted by atomic mass is 9.99. The molecule has 0 aromatic heterocycles. The van der Waals surface area contributed by atoms with Crippen molar-refractivity contribution in [2.75, 3.05) is 19.6 Å². The first-order valence-corrected chi connectivity index (χ1v) is 8.60. The number of carbonyl (C=O) groups excluding carboxylic acids is 3. The van der Waals surface area contributed by atoms with Crippen LogP contribution in [0.4, 0.5) is 4.79 Å². The normalized spacial score (nSPS) is 17.9. The third-order valence-corrected chi connectivity index (χ3v) is 4.17. The van der Waals surface area contributed by atoms with E-state index < -0.39 is 6.03 Å². The highest BCUT2D eigenvalue weighted by molar-refractivity contribution is 5.94. The summed E-state index contributed by atoms with van der Waals surface area (Å²) < 4.78 is 0. The Hall–Kier alpha value is -2.41. The first-order chi connectivity index (χ1) is 12.0. The SMILES string of the molecule is CC(C)[C@@H]1C(=O)NCCN1CCC(=O)NC(=O)NCc1ccccc1. The van der Waals surface area contributed by atoms with Gasteiger partial charge in [0.25, 0.3) is 0 Å². The highest BCUT2D eigenvalue weighted by Crippen LogP contribution is 2.14. The van der Waals surface area contributed by atoms with Crippen LogP contribution in [0.25, 0.3) is 0 Å². The number of amides is 4. The van der Waals surface area contributed by atoms with Crippen LogP contribution in [0, 0.1) is 5.92 Å². The summed E-state index contributed by atoms with van der Waals surface area (Å²) in [5.41, 5.74) is 0.962. The molecule has 1 atom stereocenters. The quantitative estimate of drug-likeness (QED) is 0.712. The Labute approximate surface area is 148 Å². The molecule has 25 heavy (non-hydrogen) atoms. The van der Waals surface area contributed by atoms with E-state index in [-0.39, 0.29) is 30.2 Å². The maximum Gasteiger partial charge on any atom is 0.321 e. The Kier molecular flexibility index (Phi) is 6.94. The molecule has 7 heteroatoms. The molecule has 1 aliphatic rings. The van der Waals surface area contributed by atoms with Gasteiger partial charge in [-0.05, 0) is 11.5 Å². The van der Waals surface area contributed by atoms with Crippen LogP contribution in [0.5, 0.6) is 0 Å². The van der Waals surface area contributed by atoms with Crippen LogP contribution < -0.4 is 16.0 Å². The number of benzene rings is 1. The molecule has 3 N–H and O–H groups in total. The number of hydrogen-bond acceptors (Lipinski definition) is 4. The van der Waals surface area contributed by atoms with Gasteiger partial charge in [0.2, 0.25) is 11.8 Å². The van der Waals surface area contributed by atoms with Crippen molar-refractivity contribution in [3.8, 4) is 0 Å². The molecule has 0 spiro atoms. The zero-order chi connectivity index (χ0) is 18.2. The van der Waals surface area contributed by atoms with Crippen molar-refractivity contribution in [1.29, 1.82) is 0 Å². The van der Waals surface area contributed by atoms with Gasteiger partial charge in [-0.15, -0.1) is 0 Å². The van der Waals surface area contributed by atoms with Crippen molar-refractivity contribution in [1.82, 2.24) is 20.9 Å². The molecule has 1 saturated heterocycles. The van der Waals surface area contributed by atoms with Crippen molar-refractivity contribution in [2.45, 2.75) is 32.9 Å². The Balaban J connectivity index is 1.74. The molecule has 1 heterocycles. The number of urea groups is 1. The second-order valence-electron chi connectivity index (χ2n) is 6.48. The van der Waals surface area contributed by atoms with Gasteiger partial charge >= 0.3 is 6.03 Å². The molecule has 0 radical (unpaired) electrons. The van der Waals surface area contributed by atoms with Gasteiger partial charge in [-0.3, -0.25) is 19.8 Å². The van der Waals surface area contributed by atoms with Crippen LogP contribution in [0.15, 0.2) is 30.3 Å². The van der Waals surface area contributed by atoms with Gasteiger partial charge < -0.3 is 10.6 Å². The summed E-state index contributed by atoms with van der Waals surface area (Å²) >= 11 is 0. The third-order valence-electron chi connectivity index (χ3n) is 4.17. The minimum atomic E-state index is -0.509. The average Bonchev–Trinajstić information content (AvgIpc) is 2.58. The molecule has 1 aromatic rings. The Morgan fingerprint density at radius 2 is 2.00 bits per heavy atom. The largest absolute Gasteiger partial charge is 0.353 e. The molecule has 1 fully saturated rings. The van der Waals surface area contributed by atoms with E-state index in [0.717, 1.165) is 5.56 Å². The minimum Gasteiger partial charge on any atom is -0.353 e. The predicted molar refractivity (Wildman–Crippen MR) is 94.6 cm³/mol. The molecule has 0 saturated carbocycles. The molecule has 1 aliphatic heterocycles. The predicted octanol–water partition coefficient (Wildman–Crippen LogP) is 0.859. The van der Waals surface area contributed by atoms with E-state index >= 15 is 0 Å². The number of nitrogens with one attached hydrogen (secondary N) is 3. The van der Waals surface area contributed by atoms with Gasteiger partial charge in [-0.25, -0.2) is 4.79 Å². The van der Waals surface area contributed by atoms with Gasteiger partial charge in [0.1, 0.15) is 0 Å². The summed E-state index contributed by atoms with van der Waals surface area (Å²) in [6.07, 6.45) is 0.176. The van der Waals surface area contributed by atoms with Gasteiger partial charge in [0, 0.05) is 32.6 Å². The highest BCUT2D eigenvalue weighted by Gasteiger charge is 2.32. The first-order valence-electron chi connectivity index (χ1n) is 8.60. The number of nitrogens with zero attached hydrogens (tertiary/aromatic N) is 1. The molecule has 1 aromatic carbocycles. The Morgan fingerprint density at radius 3 is 2.68 bits per heavy atom. The lowest BCUT2D eigenvalue weighted by Gasteiger charge is -2.37. The number of piperazine rings is 1. The molecule has 2 rings (SSSR count). The summed E-state index contributed by atoms with van der Waals surface area (Å²) in [7, 11) is 0. The Bertz CT molecular complexity index is 604. The first kappa shape index (κ1) is 18.9. The molecular formula is C18H26N4O3. The van der Waals surface area contributed by atoms with Crippen LogP contribution in [0.2, 0.25) is 0 Å². The fraction of sp³-hybridized carbons (Fsp3) is 0.500. The molecule has 7 nitrogen and oxygen atoms in total. The van der Waals surface area contributed by atoms with Crippen molar-refractivity contribution < 1.29 is 14.4 Å². The zero-order valence-corrected chi connectivity index (χ0v) is 14.7. The standard InChI is InChI=1S/C18H26N4O3/c1-13(2)16-17(24)19-9-11-22(16)10-8-15(23)21-18(25)20-12-14-6-4-3-5-7-14/h3-7,13,16H,8-12H2,1-2H3,(H,19,24)(H2,20,21,23,25)/t16-/m1/s1. The van der Waals surface area contributed by atoms with Gasteiger partial charge in [0.15, 0.2) is 0 Å². The van der Waals surface area contributed by atoms with E-state index in [9.17, 15) is 14.4 Å². The van der Waals surface area contributed by atoms with Gasteiger partial charge in [-0.1, -0.05) is 44.2 Å².